The number of methoxy groups -OCH3 is 2. The quantitative estimate of drug-likeness (QED) is 0.506. The molecule has 0 unspecified atom stereocenters. The number of benzene rings is 2. The normalized spacial score (nSPS) is 17.3. The van der Waals surface area contributed by atoms with Gasteiger partial charge in [-0.05, 0) is 31.2 Å². The topological polar surface area (TPSA) is 119 Å². The maximum absolute atomic E-state index is 15.5. The number of hydrogen-bond acceptors (Lipinski definition) is 7. The summed E-state index contributed by atoms with van der Waals surface area (Å²) in [6.07, 6.45) is 1.56. The molecule has 1 fully saturated rings. The Morgan fingerprint density at radius 2 is 1.70 bits per heavy atom. The van der Waals surface area contributed by atoms with Gasteiger partial charge in [-0.25, -0.2) is 21.2 Å². The van der Waals surface area contributed by atoms with Crippen molar-refractivity contribution in [3.05, 3.63) is 53.9 Å². The van der Waals surface area contributed by atoms with Gasteiger partial charge in [0.1, 0.15) is 11.5 Å². The lowest BCUT2D eigenvalue weighted by atomic mass is 9.93. The van der Waals surface area contributed by atoms with E-state index in [1.807, 2.05) is 0 Å². The van der Waals surface area contributed by atoms with Gasteiger partial charge in [-0.2, -0.15) is 4.31 Å². The number of carbonyl (C=O) groups is 1. The average molecular weight is 555 g/mol. The molecular weight excluding hydrogens is 523 g/mol. The summed E-state index contributed by atoms with van der Waals surface area (Å²) < 4.78 is 77.3. The van der Waals surface area contributed by atoms with Crippen LogP contribution in [0.15, 0.2) is 58.8 Å². The van der Waals surface area contributed by atoms with Crippen molar-refractivity contribution in [2.75, 3.05) is 33.6 Å². The first kappa shape index (κ1) is 28.6. The fourth-order valence-electron chi connectivity index (χ4n) is 4.03. The molecule has 12 heteroatoms. The van der Waals surface area contributed by atoms with E-state index in [2.05, 4.69) is 5.32 Å². The van der Waals surface area contributed by atoms with Crippen molar-refractivity contribution in [2.24, 2.45) is 0 Å². The molecule has 1 amide bonds. The van der Waals surface area contributed by atoms with E-state index in [-0.39, 0.29) is 30.8 Å². The monoisotopic (exact) mass is 554 g/mol. The second kappa shape index (κ2) is 11.2. The highest BCUT2D eigenvalue weighted by Crippen LogP contribution is 2.39. The molecule has 1 saturated heterocycles. The molecule has 0 radical (unpaired) electrons. The predicted octanol–water partition coefficient (Wildman–Crippen LogP) is 2.93. The third-order valence-electron chi connectivity index (χ3n) is 6.10. The second-order valence-corrected chi connectivity index (χ2v) is 12.7. The Bertz CT molecular complexity index is 1380. The zero-order chi connectivity index (χ0) is 27.4. The van der Waals surface area contributed by atoms with Crippen LogP contribution in [-0.2, 0) is 24.7 Å². The van der Waals surface area contributed by atoms with Crippen molar-refractivity contribution in [1.82, 2.24) is 9.62 Å². The number of rotatable bonds is 9. The maximum atomic E-state index is 15.5. The van der Waals surface area contributed by atoms with Crippen LogP contribution in [-0.4, -0.2) is 72.3 Å². The lowest BCUT2D eigenvalue weighted by Crippen LogP contribution is -2.53. The predicted molar refractivity (Wildman–Crippen MR) is 138 cm³/mol. The van der Waals surface area contributed by atoms with Gasteiger partial charge >= 0.3 is 0 Å². The Morgan fingerprint density at radius 1 is 1.05 bits per heavy atom. The van der Waals surface area contributed by atoms with E-state index in [1.54, 1.807) is 30.3 Å². The van der Waals surface area contributed by atoms with Crippen molar-refractivity contribution < 1.29 is 35.5 Å². The molecule has 2 aromatic rings. The average Bonchev–Trinajstić information content (AvgIpc) is 2.86. The first-order valence-electron chi connectivity index (χ1n) is 11.5. The largest absolute Gasteiger partial charge is 0.497 e. The number of amides is 1. The summed E-state index contributed by atoms with van der Waals surface area (Å²) in [5.41, 5.74) is -1.36. The third kappa shape index (κ3) is 6.68. The standard InChI is InChI=1S/C25H31FN2O7S2/c1-18(11-16-36(4,30)31)27-24(29)25(26)12-14-28(15-13-25)37(32,33)23-10-9-19(34-2)17-21(23)20-7-5-6-8-22(20)35-3/h5-11,16-18H,12-15H2,1-4H3,(H,27,29)/b16-11-/t18-/m0/s1. The van der Waals surface area contributed by atoms with Crippen LogP contribution >= 0.6 is 0 Å². The van der Waals surface area contributed by atoms with Gasteiger partial charge in [0.05, 0.1) is 19.1 Å². The fraction of sp³-hybridized carbons (Fsp3) is 0.400. The van der Waals surface area contributed by atoms with E-state index in [0.29, 0.717) is 22.6 Å². The zero-order valence-corrected chi connectivity index (χ0v) is 22.7. The number of ether oxygens (including phenoxy) is 2. The number of halogens is 1. The molecule has 0 spiro atoms. The van der Waals surface area contributed by atoms with E-state index in [9.17, 15) is 21.6 Å². The van der Waals surface area contributed by atoms with Crippen molar-refractivity contribution in [3.8, 4) is 22.6 Å². The minimum absolute atomic E-state index is 0.00754. The fourth-order valence-corrected chi connectivity index (χ4v) is 6.18. The number of para-hydroxylation sites is 1. The van der Waals surface area contributed by atoms with Crippen LogP contribution < -0.4 is 14.8 Å². The minimum atomic E-state index is -4.07. The molecule has 1 heterocycles. The molecule has 0 saturated carbocycles. The Hall–Kier alpha value is -2.96. The van der Waals surface area contributed by atoms with Crippen molar-refractivity contribution in [1.29, 1.82) is 0 Å². The zero-order valence-electron chi connectivity index (χ0n) is 21.1. The van der Waals surface area contributed by atoms with E-state index in [1.165, 1.54) is 39.4 Å². The van der Waals surface area contributed by atoms with E-state index in [4.69, 9.17) is 9.47 Å². The van der Waals surface area contributed by atoms with Crippen LogP contribution in [0.4, 0.5) is 4.39 Å². The molecular formula is C25H31FN2O7S2. The van der Waals surface area contributed by atoms with Gasteiger partial charge in [0.2, 0.25) is 10.0 Å². The lowest BCUT2D eigenvalue weighted by Gasteiger charge is -2.35. The SMILES string of the molecule is COc1ccc(S(=O)(=O)N2CCC(F)(C(=O)N[C@@H](C)/C=C\S(C)(=O)=O)CC2)c(-c2ccccc2OC)c1. The number of piperidine rings is 1. The molecule has 0 bridgehead atoms. The van der Waals surface area contributed by atoms with Gasteiger partial charge in [0.25, 0.3) is 5.91 Å². The van der Waals surface area contributed by atoms with Gasteiger partial charge in [0.15, 0.2) is 15.5 Å². The van der Waals surface area contributed by atoms with Gasteiger partial charge in [-0.1, -0.05) is 24.3 Å². The Labute approximate surface area is 217 Å². The molecule has 1 aliphatic heterocycles. The summed E-state index contributed by atoms with van der Waals surface area (Å²) in [5.74, 6) is 0.0238. The lowest BCUT2D eigenvalue weighted by molar-refractivity contribution is -0.135. The molecule has 2 aromatic carbocycles. The van der Waals surface area contributed by atoms with Gasteiger partial charge in [-0.15, -0.1) is 0 Å². The smallest absolute Gasteiger partial charge is 0.258 e. The first-order valence-corrected chi connectivity index (χ1v) is 14.9. The number of nitrogens with zero attached hydrogens (tertiary/aromatic N) is 1. The molecule has 0 aliphatic carbocycles. The molecule has 9 nitrogen and oxygen atoms in total. The van der Waals surface area contributed by atoms with Gasteiger partial charge in [0, 0.05) is 54.8 Å². The van der Waals surface area contributed by atoms with Crippen LogP contribution in [0.3, 0.4) is 0 Å². The number of sulfone groups is 1. The maximum Gasteiger partial charge on any atom is 0.258 e. The number of nitrogens with one attached hydrogen (secondary N) is 1. The number of alkyl halides is 1. The first-order chi connectivity index (χ1) is 17.3. The Balaban J connectivity index is 1.84. The summed E-state index contributed by atoms with van der Waals surface area (Å²) in [4.78, 5) is 12.6. The summed E-state index contributed by atoms with van der Waals surface area (Å²) in [5, 5.41) is 3.38. The number of carbonyl (C=O) groups excluding carboxylic acids is 1. The van der Waals surface area contributed by atoms with E-state index in [0.717, 1.165) is 16.0 Å². The Kier molecular flexibility index (Phi) is 8.66. The highest BCUT2D eigenvalue weighted by atomic mass is 32.2. The summed E-state index contributed by atoms with van der Waals surface area (Å²) in [6.45, 7) is 1.10. The van der Waals surface area contributed by atoms with Crippen LogP contribution in [0.25, 0.3) is 11.1 Å². The Morgan fingerprint density at radius 3 is 2.30 bits per heavy atom. The molecule has 202 valence electrons. The summed E-state index contributed by atoms with van der Waals surface area (Å²) >= 11 is 0. The highest BCUT2D eigenvalue weighted by molar-refractivity contribution is 7.93. The van der Waals surface area contributed by atoms with Crippen LogP contribution in [0, 0.1) is 0 Å². The van der Waals surface area contributed by atoms with E-state index >= 15 is 4.39 Å². The summed E-state index contributed by atoms with van der Waals surface area (Å²) in [6, 6.07) is 10.8. The van der Waals surface area contributed by atoms with E-state index < -0.39 is 37.5 Å². The van der Waals surface area contributed by atoms with Gasteiger partial charge in [-0.3, -0.25) is 4.79 Å². The molecule has 1 atom stereocenters. The van der Waals surface area contributed by atoms with Crippen LogP contribution in [0.1, 0.15) is 19.8 Å². The van der Waals surface area contributed by atoms with Crippen LogP contribution in [0.5, 0.6) is 11.5 Å². The van der Waals surface area contributed by atoms with Crippen LogP contribution in [0.2, 0.25) is 0 Å². The highest BCUT2D eigenvalue weighted by Gasteiger charge is 2.45. The minimum Gasteiger partial charge on any atom is -0.497 e. The number of sulfonamides is 1. The van der Waals surface area contributed by atoms with Crippen molar-refractivity contribution >= 4 is 25.8 Å². The van der Waals surface area contributed by atoms with Crippen molar-refractivity contribution in [3.63, 3.8) is 0 Å². The molecule has 1 N–H and O–H groups in total. The molecule has 0 aromatic heterocycles. The molecule has 1 aliphatic rings. The van der Waals surface area contributed by atoms with Gasteiger partial charge < -0.3 is 14.8 Å². The third-order valence-corrected chi connectivity index (χ3v) is 8.71. The molecule has 37 heavy (non-hydrogen) atoms. The van der Waals surface area contributed by atoms with Crippen molar-refractivity contribution in [2.45, 2.75) is 36.4 Å². The summed E-state index contributed by atoms with van der Waals surface area (Å²) in [7, 11) is -4.50. The second-order valence-electron chi connectivity index (χ2n) is 8.85. The number of hydrogen-bond donors (Lipinski definition) is 1. The molecule has 3 rings (SSSR count).